The summed E-state index contributed by atoms with van der Waals surface area (Å²) in [5.74, 6) is 0.253. The number of aryl methyl sites for hydroxylation is 1. The maximum absolute atomic E-state index is 12.9. The molecule has 3 rings (SSSR count). The number of rotatable bonds is 6. The molecule has 1 fully saturated rings. The van der Waals surface area contributed by atoms with E-state index in [2.05, 4.69) is 4.98 Å². The van der Waals surface area contributed by atoms with Gasteiger partial charge in [0.25, 0.3) is 0 Å². The van der Waals surface area contributed by atoms with Crippen LogP contribution in [-0.2, 0) is 17.4 Å². The molecule has 8 heteroatoms. The van der Waals surface area contributed by atoms with Crippen LogP contribution in [0.25, 0.3) is 0 Å². The number of ether oxygens (including phenoxy) is 2. The minimum absolute atomic E-state index is 0.0530. The van der Waals surface area contributed by atoms with E-state index in [9.17, 15) is 18.0 Å². The van der Waals surface area contributed by atoms with Crippen molar-refractivity contribution in [1.82, 2.24) is 9.88 Å². The Morgan fingerprint density at radius 1 is 1.22 bits per heavy atom. The van der Waals surface area contributed by atoms with Crippen LogP contribution < -0.4 is 9.47 Å². The smallest absolute Gasteiger partial charge is 0.421 e. The van der Waals surface area contributed by atoms with E-state index in [1.54, 1.807) is 12.0 Å². The third-order valence-corrected chi connectivity index (χ3v) is 4.34. The van der Waals surface area contributed by atoms with Gasteiger partial charge in [0.2, 0.25) is 11.8 Å². The number of nitrogens with zero attached hydrogens (tertiary/aromatic N) is 2. The summed E-state index contributed by atoms with van der Waals surface area (Å²) in [5.41, 5.74) is 0.107. The van der Waals surface area contributed by atoms with Crippen molar-refractivity contribution in [3.05, 3.63) is 53.7 Å². The van der Waals surface area contributed by atoms with Crippen molar-refractivity contribution in [2.24, 2.45) is 0 Å². The fourth-order valence-electron chi connectivity index (χ4n) is 2.78. The monoisotopic (exact) mass is 380 g/mol. The minimum Gasteiger partial charge on any atom is -0.497 e. The first-order valence-corrected chi connectivity index (χ1v) is 8.46. The van der Waals surface area contributed by atoms with Crippen molar-refractivity contribution in [3.63, 3.8) is 0 Å². The first-order chi connectivity index (χ1) is 12.9. The molecule has 27 heavy (non-hydrogen) atoms. The number of methoxy groups -OCH3 is 1. The van der Waals surface area contributed by atoms with Crippen molar-refractivity contribution in [2.45, 2.75) is 25.1 Å². The molecule has 1 aliphatic rings. The highest BCUT2D eigenvalue weighted by molar-refractivity contribution is 5.77. The van der Waals surface area contributed by atoms with Crippen LogP contribution in [0.15, 0.2) is 42.6 Å². The Morgan fingerprint density at radius 3 is 2.56 bits per heavy atom. The van der Waals surface area contributed by atoms with Gasteiger partial charge in [-0.05, 0) is 36.2 Å². The van der Waals surface area contributed by atoms with Crippen molar-refractivity contribution in [1.29, 1.82) is 0 Å². The molecule has 1 amide bonds. The molecule has 1 aliphatic heterocycles. The van der Waals surface area contributed by atoms with E-state index < -0.39 is 23.7 Å². The molecular formula is C19H19F3N2O3. The van der Waals surface area contributed by atoms with Crippen LogP contribution in [0.3, 0.4) is 0 Å². The number of alkyl halides is 3. The van der Waals surface area contributed by atoms with Crippen LogP contribution in [-0.4, -0.2) is 42.1 Å². The second-order valence-corrected chi connectivity index (χ2v) is 6.24. The van der Waals surface area contributed by atoms with Gasteiger partial charge in [0, 0.05) is 12.6 Å². The summed E-state index contributed by atoms with van der Waals surface area (Å²) in [4.78, 5) is 17.4. The lowest BCUT2D eigenvalue weighted by atomic mass is 10.1. The molecule has 1 aromatic carbocycles. The van der Waals surface area contributed by atoms with Gasteiger partial charge in [-0.3, -0.25) is 4.79 Å². The van der Waals surface area contributed by atoms with Crippen LogP contribution >= 0.6 is 0 Å². The zero-order valence-electron chi connectivity index (χ0n) is 14.7. The SMILES string of the molecule is COc1ccc(CCC(=O)N2CC(Oc3ncccc3C(F)(F)F)C2)cc1. The van der Waals surface area contributed by atoms with Crippen LogP contribution in [0.5, 0.6) is 11.6 Å². The van der Waals surface area contributed by atoms with Gasteiger partial charge < -0.3 is 14.4 Å². The largest absolute Gasteiger partial charge is 0.497 e. The number of pyridine rings is 1. The Balaban J connectivity index is 1.47. The van der Waals surface area contributed by atoms with Crippen LogP contribution in [0.4, 0.5) is 13.2 Å². The van der Waals surface area contributed by atoms with E-state index in [0.717, 1.165) is 17.4 Å². The molecule has 0 bridgehead atoms. The second kappa shape index (κ2) is 7.85. The molecule has 5 nitrogen and oxygen atoms in total. The number of hydrogen-bond acceptors (Lipinski definition) is 4. The van der Waals surface area contributed by atoms with Gasteiger partial charge in [0.05, 0.1) is 20.2 Å². The number of carbonyl (C=O) groups excluding carboxylic acids is 1. The lowest BCUT2D eigenvalue weighted by Crippen LogP contribution is -2.56. The summed E-state index contributed by atoms with van der Waals surface area (Å²) < 4.78 is 49.3. The number of amides is 1. The Kier molecular flexibility index (Phi) is 5.53. The van der Waals surface area contributed by atoms with Crippen LogP contribution in [0, 0.1) is 0 Å². The van der Waals surface area contributed by atoms with Crippen LogP contribution in [0.2, 0.25) is 0 Å². The zero-order valence-corrected chi connectivity index (χ0v) is 14.7. The highest BCUT2D eigenvalue weighted by Crippen LogP contribution is 2.35. The Bertz CT molecular complexity index is 788. The quantitative estimate of drug-likeness (QED) is 0.772. The first-order valence-electron chi connectivity index (χ1n) is 8.46. The van der Waals surface area contributed by atoms with Crippen molar-refractivity contribution >= 4 is 5.91 Å². The van der Waals surface area contributed by atoms with Gasteiger partial charge in [-0.25, -0.2) is 4.98 Å². The third kappa shape index (κ3) is 4.69. The zero-order chi connectivity index (χ0) is 19.4. The Hall–Kier alpha value is -2.77. The average Bonchev–Trinajstić information content (AvgIpc) is 2.62. The van der Waals surface area contributed by atoms with Gasteiger partial charge in [0.1, 0.15) is 17.4 Å². The van der Waals surface area contributed by atoms with Gasteiger partial charge >= 0.3 is 6.18 Å². The van der Waals surface area contributed by atoms with Crippen molar-refractivity contribution < 1.29 is 27.4 Å². The highest BCUT2D eigenvalue weighted by Gasteiger charge is 2.38. The molecule has 1 saturated heterocycles. The van der Waals surface area contributed by atoms with Gasteiger partial charge in [0.15, 0.2) is 0 Å². The lowest BCUT2D eigenvalue weighted by molar-refractivity contribution is -0.145. The molecule has 0 radical (unpaired) electrons. The summed E-state index contributed by atoms with van der Waals surface area (Å²) in [7, 11) is 1.59. The fraction of sp³-hybridized carbons (Fsp3) is 0.368. The molecule has 0 atom stereocenters. The summed E-state index contributed by atoms with van der Waals surface area (Å²) in [6, 6.07) is 9.60. The Labute approximate surface area is 154 Å². The number of benzene rings is 1. The molecule has 2 aromatic rings. The van der Waals surface area contributed by atoms with Gasteiger partial charge in [-0.15, -0.1) is 0 Å². The molecule has 1 aromatic heterocycles. The van der Waals surface area contributed by atoms with Gasteiger partial charge in [-0.2, -0.15) is 13.2 Å². The first kappa shape index (κ1) is 19.0. The number of likely N-dealkylation sites (tertiary alicyclic amines) is 1. The third-order valence-electron chi connectivity index (χ3n) is 4.34. The minimum atomic E-state index is -4.53. The predicted octanol–water partition coefficient (Wildman–Crippen LogP) is 3.33. The topological polar surface area (TPSA) is 51.7 Å². The fourth-order valence-corrected chi connectivity index (χ4v) is 2.78. The second-order valence-electron chi connectivity index (χ2n) is 6.24. The van der Waals surface area contributed by atoms with Crippen molar-refractivity contribution in [3.8, 4) is 11.6 Å². The van der Waals surface area contributed by atoms with E-state index in [4.69, 9.17) is 9.47 Å². The lowest BCUT2D eigenvalue weighted by Gasteiger charge is -2.39. The standard InChI is InChI=1S/C19H19F3N2O3/c1-26-14-7-4-13(5-8-14)6-9-17(25)24-11-15(12-24)27-18-16(19(20,21)22)3-2-10-23-18/h2-5,7-8,10,15H,6,9,11-12H2,1H3. The number of halogens is 3. The Morgan fingerprint density at radius 2 is 1.93 bits per heavy atom. The number of aromatic nitrogens is 1. The van der Waals surface area contributed by atoms with E-state index in [1.807, 2.05) is 24.3 Å². The summed E-state index contributed by atoms with van der Waals surface area (Å²) in [6.07, 6.45) is -2.84. The normalized spacial score (nSPS) is 14.6. The van der Waals surface area contributed by atoms with E-state index >= 15 is 0 Å². The molecule has 0 unspecified atom stereocenters. The van der Waals surface area contributed by atoms with Crippen LogP contribution in [0.1, 0.15) is 17.5 Å². The summed E-state index contributed by atoms with van der Waals surface area (Å²) in [6.45, 7) is 0.518. The molecule has 0 saturated carbocycles. The maximum Gasteiger partial charge on any atom is 0.421 e. The van der Waals surface area contributed by atoms with Gasteiger partial charge in [-0.1, -0.05) is 12.1 Å². The molecular weight excluding hydrogens is 361 g/mol. The number of hydrogen-bond donors (Lipinski definition) is 0. The van der Waals surface area contributed by atoms with Crippen molar-refractivity contribution in [2.75, 3.05) is 20.2 Å². The molecule has 2 heterocycles. The van der Waals surface area contributed by atoms with E-state index in [0.29, 0.717) is 12.8 Å². The molecule has 144 valence electrons. The van der Waals surface area contributed by atoms with E-state index in [1.165, 1.54) is 12.3 Å². The average molecular weight is 380 g/mol. The summed E-state index contributed by atoms with van der Waals surface area (Å²) >= 11 is 0. The maximum atomic E-state index is 12.9. The summed E-state index contributed by atoms with van der Waals surface area (Å²) in [5, 5.41) is 0. The predicted molar refractivity (Wildman–Crippen MR) is 91.6 cm³/mol. The van der Waals surface area contributed by atoms with E-state index in [-0.39, 0.29) is 19.0 Å². The molecule has 0 aliphatic carbocycles. The molecule has 0 N–H and O–H groups in total. The number of carbonyl (C=O) groups is 1. The molecule has 0 spiro atoms. The highest BCUT2D eigenvalue weighted by atomic mass is 19.4.